The number of para-hydroxylation sites is 2. The van der Waals surface area contributed by atoms with Crippen LogP contribution >= 0.6 is 11.9 Å². The minimum absolute atomic E-state index is 0.123. The molecule has 0 unspecified atom stereocenters. The molecular weight excluding hydrogens is 493 g/mol. The fraction of sp³-hybridized carbons (Fsp3) is 0.0909. The Balaban J connectivity index is 1.76. The zero-order chi connectivity index (χ0) is 24.7. The number of hydrogen-bond donors (Lipinski definition) is 1. The maximum Gasteiger partial charge on any atom is 0.416 e. The van der Waals surface area contributed by atoms with E-state index in [4.69, 9.17) is 9.47 Å². The van der Waals surface area contributed by atoms with Gasteiger partial charge in [0, 0.05) is 6.07 Å². The molecule has 3 aromatic rings. The van der Waals surface area contributed by atoms with Crippen molar-refractivity contribution in [2.24, 2.45) is 0 Å². The SMILES string of the molecule is C=[N+]1SC(=O)c2cc(S(=O)(=O)Nc3cc(C(F)(F)F)ccc3Oc3ccccc3OC)ccc21. The molecule has 1 aliphatic heterocycles. The molecule has 0 amide bonds. The molecule has 34 heavy (non-hydrogen) atoms. The third-order valence-corrected chi connectivity index (χ3v) is 6.97. The highest BCUT2D eigenvalue weighted by Gasteiger charge is 2.35. The van der Waals surface area contributed by atoms with Crippen LogP contribution in [-0.2, 0) is 16.2 Å². The summed E-state index contributed by atoms with van der Waals surface area (Å²) in [6.07, 6.45) is -4.72. The molecule has 0 aromatic heterocycles. The molecule has 0 bridgehead atoms. The highest BCUT2D eigenvalue weighted by molar-refractivity contribution is 8.09. The fourth-order valence-corrected chi connectivity index (χ4v) is 4.97. The predicted molar refractivity (Wildman–Crippen MR) is 121 cm³/mol. The van der Waals surface area contributed by atoms with Gasteiger partial charge in [-0.1, -0.05) is 12.1 Å². The van der Waals surface area contributed by atoms with Gasteiger partial charge in [0.1, 0.15) is 12.3 Å². The van der Waals surface area contributed by atoms with Crippen molar-refractivity contribution in [1.29, 1.82) is 0 Å². The number of alkyl halides is 3. The molecule has 3 aromatic carbocycles. The summed E-state index contributed by atoms with van der Waals surface area (Å²) in [6.45, 7) is 3.66. The van der Waals surface area contributed by atoms with Crippen LogP contribution in [-0.4, -0.2) is 31.3 Å². The Morgan fingerprint density at radius 2 is 1.71 bits per heavy atom. The molecule has 0 atom stereocenters. The number of ether oxygens (including phenoxy) is 2. The quantitative estimate of drug-likeness (QED) is 0.351. The monoisotopic (exact) mass is 509 g/mol. The van der Waals surface area contributed by atoms with Crippen LogP contribution in [0.1, 0.15) is 15.9 Å². The van der Waals surface area contributed by atoms with Gasteiger partial charge >= 0.3 is 6.18 Å². The summed E-state index contributed by atoms with van der Waals surface area (Å²) >= 11 is 0.796. The molecule has 0 aliphatic carbocycles. The summed E-state index contributed by atoms with van der Waals surface area (Å²) in [6, 6.07) is 12.6. The maximum atomic E-state index is 13.3. The first kappa shape index (κ1) is 23.6. The molecule has 0 radical (unpaired) electrons. The van der Waals surface area contributed by atoms with Crippen molar-refractivity contribution in [2.75, 3.05) is 11.8 Å². The number of halogens is 3. The number of anilines is 1. The van der Waals surface area contributed by atoms with Crippen LogP contribution in [0.4, 0.5) is 24.5 Å². The van der Waals surface area contributed by atoms with Crippen molar-refractivity contribution in [3.05, 3.63) is 71.8 Å². The van der Waals surface area contributed by atoms with Crippen LogP contribution in [0.15, 0.2) is 65.6 Å². The van der Waals surface area contributed by atoms with Crippen molar-refractivity contribution < 1.29 is 39.8 Å². The van der Waals surface area contributed by atoms with E-state index in [1.54, 1.807) is 18.2 Å². The first-order chi connectivity index (χ1) is 16.0. The highest BCUT2D eigenvalue weighted by Crippen LogP contribution is 2.41. The van der Waals surface area contributed by atoms with Crippen molar-refractivity contribution in [1.82, 2.24) is 0 Å². The third-order valence-electron chi connectivity index (χ3n) is 4.80. The van der Waals surface area contributed by atoms with E-state index in [9.17, 15) is 26.4 Å². The smallest absolute Gasteiger partial charge is 0.416 e. The second-order valence-corrected chi connectivity index (χ2v) is 9.68. The lowest BCUT2D eigenvalue weighted by Gasteiger charge is -2.17. The maximum absolute atomic E-state index is 13.3. The van der Waals surface area contributed by atoms with Gasteiger partial charge in [-0.3, -0.25) is 9.52 Å². The van der Waals surface area contributed by atoms with Gasteiger partial charge in [0.2, 0.25) is 17.6 Å². The van der Waals surface area contributed by atoms with Gasteiger partial charge < -0.3 is 9.47 Å². The number of nitrogens with zero attached hydrogens (tertiary/aromatic N) is 1. The standard InChI is InChI=1S/C22H16F3N2O5S2/c1-27-17-9-8-14(12-15(17)21(28)33-27)34(29,30)26-16-11-13(22(23,24)25)7-10-18(16)32-20-6-4-3-5-19(20)31-2/h3-12,26H,1H2,2H3/q+1. The van der Waals surface area contributed by atoms with Crippen LogP contribution in [0.25, 0.3) is 0 Å². The third kappa shape index (κ3) is 4.59. The normalized spacial score (nSPS) is 13.5. The zero-order valence-corrected chi connectivity index (χ0v) is 19.1. The average Bonchev–Trinajstić information content (AvgIpc) is 3.07. The van der Waals surface area contributed by atoms with E-state index in [1.807, 2.05) is 0 Å². The molecule has 1 N–H and O–H groups in total. The van der Waals surface area contributed by atoms with E-state index in [2.05, 4.69) is 11.4 Å². The molecule has 0 spiro atoms. The Kier molecular flexibility index (Phi) is 6.04. The Hall–Kier alpha value is -3.51. The number of nitrogens with one attached hydrogen (secondary N) is 1. The number of rotatable bonds is 6. The molecule has 176 valence electrons. The molecule has 1 aliphatic rings. The van der Waals surface area contributed by atoms with E-state index in [0.29, 0.717) is 17.5 Å². The van der Waals surface area contributed by atoms with Crippen LogP contribution in [0, 0.1) is 0 Å². The van der Waals surface area contributed by atoms with Gasteiger partial charge in [0.15, 0.2) is 17.2 Å². The zero-order valence-electron chi connectivity index (χ0n) is 17.4. The molecule has 12 heteroatoms. The van der Waals surface area contributed by atoms with Gasteiger partial charge in [-0.05, 0) is 42.5 Å². The molecule has 0 fully saturated rings. The Morgan fingerprint density at radius 3 is 2.38 bits per heavy atom. The molecule has 0 saturated heterocycles. The first-order valence-corrected chi connectivity index (χ1v) is 11.8. The largest absolute Gasteiger partial charge is 0.493 e. The molecular formula is C22H16F3N2O5S2+. The number of methoxy groups -OCH3 is 1. The van der Waals surface area contributed by atoms with Crippen LogP contribution in [0.3, 0.4) is 0 Å². The van der Waals surface area contributed by atoms with Crippen LogP contribution in [0.2, 0.25) is 0 Å². The van der Waals surface area contributed by atoms with E-state index < -0.39 is 32.6 Å². The minimum Gasteiger partial charge on any atom is -0.493 e. The number of carbonyl (C=O) groups excluding carboxylic acids is 1. The summed E-state index contributed by atoms with van der Waals surface area (Å²) < 4.78 is 80.5. The second-order valence-electron chi connectivity index (χ2n) is 7.00. The van der Waals surface area contributed by atoms with Gasteiger partial charge in [0.05, 0.1) is 23.3 Å². The molecule has 4 rings (SSSR count). The van der Waals surface area contributed by atoms with E-state index in [0.717, 1.165) is 30.1 Å². The first-order valence-electron chi connectivity index (χ1n) is 9.51. The molecule has 0 saturated carbocycles. The van der Waals surface area contributed by atoms with Gasteiger partial charge in [-0.2, -0.15) is 13.2 Å². The number of sulfonamides is 1. The van der Waals surface area contributed by atoms with Crippen LogP contribution < -0.4 is 14.2 Å². The van der Waals surface area contributed by atoms with Gasteiger partial charge in [-0.15, -0.1) is 3.98 Å². The summed E-state index contributed by atoms with van der Waals surface area (Å²) in [4.78, 5) is 11.8. The molecule has 1 heterocycles. The number of benzene rings is 3. The van der Waals surface area contributed by atoms with Gasteiger partial charge in [0.25, 0.3) is 15.1 Å². The van der Waals surface area contributed by atoms with Gasteiger partial charge in [-0.25, -0.2) is 8.42 Å². The lowest BCUT2D eigenvalue weighted by molar-refractivity contribution is -0.221. The average molecular weight is 510 g/mol. The van der Waals surface area contributed by atoms with E-state index in [-0.39, 0.29) is 22.0 Å². The Bertz CT molecular complexity index is 1420. The number of carbonyl (C=O) groups is 1. The van der Waals surface area contributed by atoms with E-state index in [1.165, 1.54) is 29.3 Å². The number of hydrogen-bond acceptors (Lipinski definition) is 6. The van der Waals surface area contributed by atoms with E-state index >= 15 is 0 Å². The lowest BCUT2D eigenvalue weighted by Crippen LogP contribution is -2.15. The van der Waals surface area contributed by atoms with Crippen molar-refractivity contribution in [3.8, 4) is 17.2 Å². The van der Waals surface area contributed by atoms with Crippen LogP contribution in [0.5, 0.6) is 17.2 Å². The second kappa shape index (κ2) is 8.69. The lowest BCUT2D eigenvalue weighted by atomic mass is 10.2. The summed E-state index contributed by atoms with van der Waals surface area (Å²) in [5.41, 5.74) is -0.975. The topological polar surface area (TPSA) is 84.7 Å². The summed E-state index contributed by atoms with van der Waals surface area (Å²) in [5.74, 6) is 0.280. The van der Waals surface area contributed by atoms with Crippen molar-refractivity contribution in [2.45, 2.75) is 11.1 Å². The molecule has 7 nitrogen and oxygen atoms in total. The predicted octanol–water partition coefficient (Wildman–Crippen LogP) is 5.45. The van der Waals surface area contributed by atoms with Crippen molar-refractivity contribution >= 4 is 45.2 Å². The fourth-order valence-electron chi connectivity index (χ4n) is 3.16. The minimum atomic E-state index is -4.72. The highest BCUT2D eigenvalue weighted by atomic mass is 32.2. The Labute approximate surface area is 197 Å². The Morgan fingerprint density at radius 1 is 1.00 bits per heavy atom. The number of fused-ring (bicyclic) bond motifs is 1. The van der Waals surface area contributed by atoms with Crippen molar-refractivity contribution in [3.63, 3.8) is 0 Å². The summed E-state index contributed by atoms with van der Waals surface area (Å²) in [5, 5.41) is -0.402. The summed E-state index contributed by atoms with van der Waals surface area (Å²) in [7, 11) is -3.01.